The average molecular weight is 259 g/mol. The quantitative estimate of drug-likeness (QED) is 0.398. The van der Waals surface area contributed by atoms with Crippen LogP contribution in [0.4, 0.5) is 0 Å². The van der Waals surface area contributed by atoms with E-state index in [-0.39, 0.29) is 35.6 Å². The maximum absolute atomic E-state index is 2.99. The third-order valence-electron chi connectivity index (χ3n) is 1.17. The summed E-state index contributed by atoms with van der Waals surface area (Å²) in [5.41, 5.74) is 0. The molecule has 0 radical (unpaired) electrons. The Labute approximate surface area is 97.0 Å². The summed E-state index contributed by atoms with van der Waals surface area (Å²) in [7, 11) is 0. The normalized spacial score (nSPS) is 13.5. The third kappa shape index (κ3) is 11.7. The van der Waals surface area contributed by atoms with Crippen LogP contribution >= 0.6 is 0 Å². The van der Waals surface area contributed by atoms with E-state index >= 15 is 0 Å². The monoisotopic (exact) mass is 258 g/mol. The first kappa shape index (κ1) is 18.5. The number of halogens is 2. The molecule has 0 atom stereocenters. The first-order chi connectivity index (χ1) is 5.00. The summed E-state index contributed by atoms with van der Waals surface area (Å²) < 4.78 is 0. The fourth-order valence-corrected chi connectivity index (χ4v) is 0.680. The Hall–Kier alpha value is -0.297. The van der Waals surface area contributed by atoms with Gasteiger partial charge in [0, 0.05) is 0 Å². The third-order valence-corrected chi connectivity index (χ3v) is 1.17. The van der Waals surface area contributed by atoms with Crippen molar-refractivity contribution in [2.75, 3.05) is 0 Å². The zero-order valence-corrected chi connectivity index (χ0v) is 9.59. The van der Waals surface area contributed by atoms with Crippen LogP contribution in [0.25, 0.3) is 0 Å². The van der Waals surface area contributed by atoms with Crippen LogP contribution in [-0.2, 0) is 26.2 Å². The molecule has 0 N–H and O–H groups in total. The summed E-state index contributed by atoms with van der Waals surface area (Å²) in [6, 6.07) is 0. The molecule has 0 aromatic heterocycles. The van der Waals surface area contributed by atoms with Gasteiger partial charge in [-0.2, -0.15) is 12.2 Å². The van der Waals surface area contributed by atoms with Gasteiger partial charge in [0.05, 0.1) is 0 Å². The van der Waals surface area contributed by atoms with Crippen molar-refractivity contribution in [2.45, 2.75) is 12.8 Å². The summed E-state index contributed by atoms with van der Waals surface area (Å²) in [6.07, 6.45) is 20.0. The van der Waals surface area contributed by atoms with E-state index in [0.29, 0.717) is 0 Å². The maximum atomic E-state index is 2.99. The molecule has 0 aromatic carbocycles. The predicted molar refractivity (Wildman–Crippen MR) is 43.1 cm³/mol. The molecule has 68 valence electrons. The van der Waals surface area contributed by atoms with Crippen LogP contribution in [0.1, 0.15) is 12.8 Å². The van der Waals surface area contributed by atoms with E-state index in [1.807, 2.05) is 24.3 Å². The van der Waals surface area contributed by atoms with E-state index in [4.69, 9.17) is 0 Å². The summed E-state index contributed by atoms with van der Waals surface area (Å²) in [6.45, 7) is 0. The molecule has 0 amide bonds. The molecular formula is C10H10F2Zr. The van der Waals surface area contributed by atoms with Gasteiger partial charge in [0.2, 0.25) is 0 Å². The number of hydrogen-bond donors (Lipinski definition) is 0. The van der Waals surface area contributed by atoms with Gasteiger partial charge in [-0.1, -0.05) is 0 Å². The Morgan fingerprint density at radius 3 is 1.23 bits per heavy atom. The number of rotatable bonds is 0. The molecule has 0 bridgehead atoms. The van der Waals surface area contributed by atoms with Crippen LogP contribution in [0.2, 0.25) is 0 Å². The van der Waals surface area contributed by atoms with Gasteiger partial charge in [-0.05, 0) is 0 Å². The van der Waals surface area contributed by atoms with E-state index in [2.05, 4.69) is 24.3 Å². The van der Waals surface area contributed by atoms with Crippen LogP contribution in [0.3, 0.4) is 0 Å². The van der Waals surface area contributed by atoms with Gasteiger partial charge in [0.25, 0.3) is 0 Å². The smallest absolute Gasteiger partial charge is 1.00 e. The standard InChI is InChI=1S/2C5H5.2FH.Zr/c2*1-2-4-5-3-1;;;/h2*1-3H,4H2;2*1H;/q2*-1;;;+4/p-2. The topological polar surface area (TPSA) is 0 Å². The first-order valence-corrected chi connectivity index (χ1v) is 3.43. The molecule has 2 aliphatic carbocycles. The largest absolute Gasteiger partial charge is 4.00 e. The number of allylic oxidation sites excluding steroid dienone is 8. The van der Waals surface area contributed by atoms with Crippen molar-refractivity contribution in [3.8, 4) is 0 Å². The second-order valence-electron chi connectivity index (χ2n) is 2.01. The Morgan fingerprint density at radius 2 is 1.15 bits per heavy atom. The molecular weight excluding hydrogens is 249 g/mol. The molecule has 0 unspecified atom stereocenters. The van der Waals surface area contributed by atoms with Gasteiger partial charge >= 0.3 is 26.2 Å². The van der Waals surface area contributed by atoms with Gasteiger partial charge in [-0.25, -0.2) is 24.3 Å². The minimum absolute atomic E-state index is 0. The second kappa shape index (κ2) is 14.2. The van der Waals surface area contributed by atoms with Crippen molar-refractivity contribution >= 4 is 0 Å². The predicted octanol–water partition coefficient (Wildman–Crippen LogP) is -3.38. The summed E-state index contributed by atoms with van der Waals surface area (Å²) in [4.78, 5) is 0. The Balaban J connectivity index is -0.000000125. The minimum Gasteiger partial charge on any atom is -1.00 e. The zero-order valence-electron chi connectivity index (χ0n) is 7.13. The molecule has 0 fully saturated rings. The van der Waals surface area contributed by atoms with E-state index in [1.165, 1.54) is 0 Å². The Kier molecular flexibility index (Phi) is 20.2. The first-order valence-electron chi connectivity index (χ1n) is 3.43. The van der Waals surface area contributed by atoms with Gasteiger partial charge < -0.3 is 9.41 Å². The van der Waals surface area contributed by atoms with Gasteiger partial charge in [-0.15, -0.1) is 12.8 Å². The molecule has 0 saturated heterocycles. The van der Waals surface area contributed by atoms with Gasteiger partial charge in [0.15, 0.2) is 0 Å². The fourth-order valence-electron chi connectivity index (χ4n) is 0.680. The summed E-state index contributed by atoms with van der Waals surface area (Å²) in [5.74, 6) is 0. The SMILES string of the molecule is [C-]1=CC=CC1.[C-]1=CC=CC1.[F-].[F-].[Zr+4]. The summed E-state index contributed by atoms with van der Waals surface area (Å²) in [5, 5.41) is 0. The molecule has 0 spiro atoms. The fraction of sp³-hybridized carbons (Fsp3) is 0.200. The van der Waals surface area contributed by atoms with Crippen molar-refractivity contribution in [2.24, 2.45) is 0 Å². The van der Waals surface area contributed by atoms with Crippen LogP contribution < -0.4 is 9.41 Å². The van der Waals surface area contributed by atoms with E-state index in [0.717, 1.165) is 12.8 Å². The van der Waals surface area contributed by atoms with Crippen LogP contribution in [0, 0.1) is 12.2 Å². The van der Waals surface area contributed by atoms with Crippen LogP contribution in [-0.4, -0.2) is 0 Å². The van der Waals surface area contributed by atoms with E-state index in [1.54, 1.807) is 0 Å². The van der Waals surface area contributed by atoms with Gasteiger partial charge in [0.1, 0.15) is 0 Å². The van der Waals surface area contributed by atoms with Crippen molar-refractivity contribution in [3.05, 3.63) is 48.6 Å². The molecule has 2 rings (SSSR count). The Morgan fingerprint density at radius 1 is 0.769 bits per heavy atom. The molecule has 0 heterocycles. The average Bonchev–Trinajstić information content (AvgIpc) is 2.67. The molecule has 0 aromatic rings. The van der Waals surface area contributed by atoms with Crippen molar-refractivity contribution in [1.82, 2.24) is 0 Å². The number of hydrogen-bond acceptors (Lipinski definition) is 0. The molecule has 13 heavy (non-hydrogen) atoms. The van der Waals surface area contributed by atoms with Crippen LogP contribution in [0.15, 0.2) is 36.5 Å². The summed E-state index contributed by atoms with van der Waals surface area (Å²) >= 11 is 0. The molecule has 0 aliphatic heterocycles. The van der Waals surface area contributed by atoms with Crippen molar-refractivity contribution in [3.63, 3.8) is 0 Å². The maximum Gasteiger partial charge on any atom is 4.00 e. The molecule has 0 saturated carbocycles. The van der Waals surface area contributed by atoms with E-state index in [9.17, 15) is 0 Å². The van der Waals surface area contributed by atoms with Crippen LogP contribution in [0.5, 0.6) is 0 Å². The second-order valence-corrected chi connectivity index (χ2v) is 2.01. The zero-order chi connectivity index (χ0) is 7.07. The van der Waals surface area contributed by atoms with E-state index < -0.39 is 0 Å². The molecule has 2 aliphatic rings. The van der Waals surface area contributed by atoms with Crippen molar-refractivity contribution in [1.29, 1.82) is 0 Å². The van der Waals surface area contributed by atoms with Gasteiger partial charge in [-0.3, -0.25) is 12.2 Å². The molecule has 3 heteroatoms. The van der Waals surface area contributed by atoms with Crippen molar-refractivity contribution < 1.29 is 35.6 Å². The minimum atomic E-state index is 0. The Bertz CT molecular complexity index is 151. The molecule has 0 nitrogen and oxygen atoms in total.